The topological polar surface area (TPSA) is 69.0 Å². The molecular weight excluding hydrogens is 378 g/mol. The van der Waals surface area contributed by atoms with Gasteiger partial charge in [-0.05, 0) is 48.6 Å². The number of fused-ring (bicyclic) bond motifs is 4. The van der Waals surface area contributed by atoms with Crippen LogP contribution in [0.5, 0.6) is 0 Å². The lowest BCUT2D eigenvalue weighted by molar-refractivity contribution is 0.179. The highest BCUT2D eigenvalue weighted by atomic mass is 35.5. The zero-order chi connectivity index (χ0) is 18.4. The number of aromatic nitrogens is 1. The molecule has 0 radical (unpaired) electrons. The SMILES string of the molecule is N#Cc1nccc2c1C[C@@H]1CC[C@H]2N1C(=O)Nc1cc(Cl)c(Cl)cc1F. The first-order valence-electron chi connectivity index (χ1n) is 8.11. The van der Waals surface area contributed by atoms with Gasteiger partial charge in [0, 0.05) is 12.2 Å². The highest BCUT2D eigenvalue weighted by molar-refractivity contribution is 6.42. The van der Waals surface area contributed by atoms with Crippen molar-refractivity contribution in [3.05, 3.63) is 57.1 Å². The second-order valence-corrected chi connectivity index (χ2v) is 7.19. The van der Waals surface area contributed by atoms with Crippen LogP contribution in [0, 0.1) is 17.1 Å². The number of nitrogens with zero attached hydrogens (tertiary/aromatic N) is 3. The second kappa shape index (κ2) is 6.42. The fraction of sp³-hybridized carbons (Fsp3) is 0.278. The molecule has 1 N–H and O–H groups in total. The molecule has 1 fully saturated rings. The molecule has 4 rings (SSSR count). The van der Waals surface area contributed by atoms with E-state index in [0.717, 1.165) is 30.0 Å². The van der Waals surface area contributed by atoms with Crippen molar-refractivity contribution in [3.63, 3.8) is 0 Å². The molecule has 2 aromatic rings. The summed E-state index contributed by atoms with van der Waals surface area (Å²) in [7, 11) is 0. The van der Waals surface area contributed by atoms with E-state index < -0.39 is 11.8 Å². The third-order valence-electron chi connectivity index (χ3n) is 4.99. The minimum Gasteiger partial charge on any atom is -0.314 e. The second-order valence-electron chi connectivity index (χ2n) is 6.37. The summed E-state index contributed by atoms with van der Waals surface area (Å²) in [5.41, 5.74) is 2.25. The summed E-state index contributed by atoms with van der Waals surface area (Å²) in [6, 6.07) is 5.76. The Kier molecular flexibility index (Phi) is 4.22. The Labute approximate surface area is 159 Å². The molecule has 0 spiro atoms. The first-order valence-corrected chi connectivity index (χ1v) is 8.87. The minimum absolute atomic E-state index is 0.0120. The van der Waals surface area contributed by atoms with Gasteiger partial charge in [0.2, 0.25) is 0 Å². The predicted molar refractivity (Wildman–Crippen MR) is 95.7 cm³/mol. The average Bonchev–Trinajstić information content (AvgIpc) is 2.94. The summed E-state index contributed by atoms with van der Waals surface area (Å²) in [5, 5.41) is 12.1. The molecule has 0 aliphatic carbocycles. The van der Waals surface area contributed by atoms with Crippen LogP contribution in [-0.2, 0) is 6.42 Å². The molecule has 0 saturated carbocycles. The number of amides is 2. The number of pyridine rings is 1. The number of halogens is 3. The van der Waals surface area contributed by atoms with Crippen molar-refractivity contribution in [1.29, 1.82) is 5.26 Å². The Balaban J connectivity index is 1.64. The largest absolute Gasteiger partial charge is 0.322 e. The van der Waals surface area contributed by atoms with Crippen molar-refractivity contribution in [2.75, 3.05) is 5.32 Å². The van der Waals surface area contributed by atoms with E-state index in [9.17, 15) is 14.4 Å². The number of urea groups is 1. The minimum atomic E-state index is -0.645. The quantitative estimate of drug-likeness (QED) is 0.717. The van der Waals surface area contributed by atoms with E-state index in [2.05, 4.69) is 16.4 Å². The molecule has 2 aliphatic rings. The summed E-state index contributed by atoms with van der Waals surface area (Å²) in [5.74, 6) is -0.645. The number of carbonyl (C=O) groups excluding carboxylic acids is 1. The Morgan fingerprint density at radius 1 is 1.35 bits per heavy atom. The number of nitriles is 1. The van der Waals surface area contributed by atoms with Gasteiger partial charge in [-0.2, -0.15) is 5.26 Å². The highest BCUT2D eigenvalue weighted by Gasteiger charge is 2.43. The van der Waals surface area contributed by atoms with E-state index >= 15 is 0 Å². The summed E-state index contributed by atoms with van der Waals surface area (Å²) in [4.78, 5) is 18.7. The van der Waals surface area contributed by atoms with E-state index in [4.69, 9.17) is 23.2 Å². The zero-order valence-electron chi connectivity index (χ0n) is 13.5. The maximum Gasteiger partial charge on any atom is 0.322 e. The first-order chi connectivity index (χ1) is 12.5. The maximum absolute atomic E-state index is 14.1. The van der Waals surface area contributed by atoms with Gasteiger partial charge in [-0.25, -0.2) is 14.2 Å². The summed E-state index contributed by atoms with van der Waals surface area (Å²) < 4.78 is 14.1. The summed E-state index contributed by atoms with van der Waals surface area (Å²) >= 11 is 11.7. The van der Waals surface area contributed by atoms with Gasteiger partial charge >= 0.3 is 6.03 Å². The Bertz CT molecular complexity index is 959. The van der Waals surface area contributed by atoms with E-state index in [0.29, 0.717) is 12.1 Å². The number of nitrogens with one attached hydrogen (secondary N) is 1. The molecule has 132 valence electrons. The van der Waals surface area contributed by atoms with Gasteiger partial charge in [0.05, 0.1) is 21.8 Å². The fourth-order valence-electron chi connectivity index (χ4n) is 3.86. The first kappa shape index (κ1) is 17.1. The molecule has 26 heavy (non-hydrogen) atoms. The molecule has 1 saturated heterocycles. The number of anilines is 1. The zero-order valence-corrected chi connectivity index (χ0v) is 15.0. The van der Waals surface area contributed by atoms with Gasteiger partial charge in [0.1, 0.15) is 17.6 Å². The standard InChI is InChI=1S/C18H13Cl2FN4O/c19-12-6-14(21)15(7-13(12)20)24-18(26)25-9-1-2-17(25)10-3-4-23-16(8-22)11(10)5-9/h3-4,6-7,9,17H,1-2,5H2,(H,24,26)/t9-,17+/m0/s1. The van der Waals surface area contributed by atoms with Crippen molar-refractivity contribution in [2.24, 2.45) is 0 Å². The smallest absolute Gasteiger partial charge is 0.314 e. The van der Waals surface area contributed by atoms with Crippen LogP contribution in [0.4, 0.5) is 14.9 Å². The third kappa shape index (κ3) is 2.68. The van der Waals surface area contributed by atoms with Crippen molar-refractivity contribution in [3.8, 4) is 6.07 Å². The highest BCUT2D eigenvalue weighted by Crippen LogP contribution is 2.44. The van der Waals surface area contributed by atoms with Gasteiger partial charge < -0.3 is 10.2 Å². The molecular formula is C18H13Cl2FN4O. The normalized spacial score (nSPS) is 20.5. The Morgan fingerprint density at radius 2 is 2.12 bits per heavy atom. The van der Waals surface area contributed by atoms with E-state index in [-0.39, 0.29) is 27.8 Å². The fourth-order valence-corrected chi connectivity index (χ4v) is 4.17. The van der Waals surface area contributed by atoms with Crippen molar-refractivity contribution in [1.82, 2.24) is 9.88 Å². The molecule has 2 atom stereocenters. The van der Waals surface area contributed by atoms with Crippen LogP contribution in [0.1, 0.15) is 35.7 Å². The van der Waals surface area contributed by atoms with Gasteiger partial charge in [0.25, 0.3) is 0 Å². The number of hydrogen-bond acceptors (Lipinski definition) is 3. The Hall–Kier alpha value is -2.36. The molecule has 0 unspecified atom stereocenters. The molecule has 8 heteroatoms. The lowest BCUT2D eigenvalue weighted by atomic mass is 9.93. The number of rotatable bonds is 1. The van der Waals surface area contributed by atoms with E-state index in [1.807, 2.05) is 6.07 Å². The van der Waals surface area contributed by atoms with Crippen LogP contribution in [-0.4, -0.2) is 22.0 Å². The Morgan fingerprint density at radius 3 is 2.88 bits per heavy atom. The predicted octanol–water partition coefficient (Wildman–Crippen LogP) is 4.69. The lowest BCUT2D eigenvalue weighted by Gasteiger charge is -2.36. The number of carbonyl (C=O) groups is 1. The van der Waals surface area contributed by atoms with Gasteiger partial charge in [0.15, 0.2) is 0 Å². The van der Waals surface area contributed by atoms with Crippen molar-refractivity contribution >= 4 is 34.9 Å². The molecule has 1 aromatic carbocycles. The van der Waals surface area contributed by atoms with Gasteiger partial charge in [-0.15, -0.1) is 0 Å². The number of benzene rings is 1. The molecule has 3 heterocycles. The van der Waals surface area contributed by atoms with Crippen molar-refractivity contribution in [2.45, 2.75) is 31.3 Å². The molecule has 2 amide bonds. The van der Waals surface area contributed by atoms with Crippen molar-refractivity contribution < 1.29 is 9.18 Å². The van der Waals surface area contributed by atoms with Gasteiger partial charge in [-0.1, -0.05) is 23.2 Å². The van der Waals surface area contributed by atoms with Crippen LogP contribution < -0.4 is 5.32 Å². The van der Waals surface area contributed by atoms with Crippen LogP contribution >= 0.6 is 23.2 Å². The lowest BCUT2D eigenvalue weighted by Crippen LogP contribution is -2.44. The molecule has 2 aliphatic heterocycles. The summed E-state index contributed by atoms with van der Waals surface area (Å²) in [6.07, 6.45) is 3.77. The average molecular weight is 391 g/mol. The molecule has 2 bridgehead atoms. The van der Waals surface area contributed by atoms with Crippen LogP contribution in [0.25, 0.3) is 0 Å². The van der Waals surface area contributed by atoms with Crippen LogP contribution in [0.15, 0.2) is 24.4 Å². The summed E-state index contributed by atoms with van der Waals surface area (Å²) in [6.45, 7) is 0. The van der Waals surface area contributed by atoms with E-state index in [1.165, 1.54) is 6.07 Å². The molecule has 1 aromatic heterocycles. The van der Waals surface area contributed by atoms with Crippen LogP contribution in [0.3, 0.4) is 0 Å². The van der Waals surface area contributed by atoms with E-state index in [1.54, 1.807) is 11.1 Å². The monoisotopic (exact) mass is 390 g/mol. The maximum atomic E-state index is 14.1. The molecule has 5 nitrogen and oxygen atoms in total. The van der Waals surface area contributed by atoms with Gasteiger partial charge in [-0.3, -0.25) is 0 Å². The number of hydrogen-bond donors (Lipinski definition) is 1. The third-order valence-corrected chi connectivity index (χ3v) is 5.71. The van der Waals surface area contributed by atoms with Crippen LogP contribution in [0.2, 0.25) is 10.0 Å².